The average molecular weight is 503 g/mol. The number of ether oxygens (including phenoxy) is 2. The van der Waals surface area contributed by atoms with Crippen LogP contribution in [0.15, 0.2) is 52.5 Å². The third-order valence-corrected chi connectivity index (χ3v) is 5.92. The number of hydrogen-bond acceptors (Lipinski definition) is 6. The lowest BCUT2D eigenvalue weighted by Gasteiger charge is -2.26. The average Bonchev–Trinajstić information content (AvgIpc) is 3.03. The molecule has 3 rings (SSSR count). The van der Waals surface area contributed by atoms with Crippen LogP contribution in [0, 0.1) is 0 Å². The minimum absolute atomic E-state index is 0.0643. The van der Waals surface area contributed by atoms with Crippen molar-refractivity contribution in [1.82, 2.24) is 9.80 Å². The molecule has 2 aromatic rings. The van der Waals surface area contributed by atoms with Gasteiger partial charge in [-0.1, -0.05) is 28.1 Å². The Morgan fingerprint density at radius 2 is 1.72 bits per heavy atom. The Labute approximate surface area is 196 Å². The summed E-state index contributed by atoms with van der Waals surface area (Å²) in [5.74, 6) is -0.643. The summed E-state index contributed by atoms with van der Waals surface area (Å²) in [6, 6.07) is 11.6. The van der Waals surface area contributed by atoms with E-state index in [2.05, 4.69) is 15.9 Å². The van der Waals surface area contributed by atoms with Crippen LogP contribution in [0.3, 0.4) is 0 Å². The van der Waals surface area contributed by atoms with Gasteiger partial charge in [0.05, 0.1) is 25.8 Å². The van der Waals surface area contributed by atoms with Crippen LogP contribution in [0.4, 0.5) is 0 Å². The highest BCUT2D eigenvalue weighted by Gasteiger charge is 2.45. The number of hydrogen-bond donors (Lipinski definition) is 1. The predicted octanol–water partition coefficient (Wildman–Crippen LogP) is 3.84. The molecular formula is C24H27BrN2O5. The Kier molecular flexibility index (Phi) is 7.58. The highest BCUT2D eigenvalue weighted by Crippen LogP contribution is 2.41. The van der Waals surface area contributed by atoms with E-state index in [9.17, 15) is 14.7 Å². The summed E-state index contributed by atoms with van der Waals surface area (Å²) in [4.78, 5) is 29.6. The number of aliphatic hydroxyl groups excluding tert-OH is 1. The summed E-state index contributed by atoms with van der Waals surface area (Å²) in [6.07, 6.45) is 0.698. The van der Waals surface area contributed by atoms with Gasteiger partial charge in [0.25, 0.3) is 11.7 Å². The zero-order valence-electron chi connectivity index (χ0n) is 18.6. The molecule has 0 aromatic heterocycles. The zero-order chi connectivity index (χ0) is 23.4. The first-order chi connectivity index (χ1) is 15.3. The standard InChI is InChI=1S/C24H27BrN2O5/c1-26(2)12-5-13-27-21(15-6-9-17(25)10-7-15)20(23(29)24(27)30)22(28)16-8-11-18(31-3)19(14-16)32-4/h6-11,14,21,28H,5,12-13H2,1-4H3/t21-/m0/s1. The molecule has 0 saturated carbocycles. The molecule has 0 radical (unpaired) electrons. The van der Waals surface area contributed by atoms with E-state index in [-0.39, 0.29) is 11.3 Å². The van der Waals surface area contributed by atoms with E-state index in [0.29, 0.717) is 30.0 Å². The van der Waals surface area contributed by atoms with Crippen molar-refractivity contribution in [3.05, 3.63) is 63.6 Å². The first-order valence-electron chi connectivity index (χ1n) is 10.2. The SMILES string of the molecule is COc1ccc(C(O)=C2C(=O)C(=O)N(CCCN(C)C)[C@H]2c2ccc(Br)cc2)cc1OC. The second-order valence-electron chi connectivity index (χ2n) is 7.77. The summed E-state index contributed by atoms with van der Waals surface area (Å²) < 4.78 is 11.5. The second kappa shape index (κ2) is 10.2. The number of ketones is 1. The summed E-state index contributed by atoms with van der Waals surface area (Å²) in [6.45, 7) is 1.16. The van der Waals surface area contributed by atoms with Crippen molar-refractivity contribution in [3.63, 3.8) is 0 Å². The number of carbonyl (C=O) groups is 2. The van der Waals surface area contributed by atoms with E-state index in [0.717, 1.165) is 16.6 Å². The van der Waals surface area contributed by atoms with Gasteiger partial charge in [-0.25, -0.2) is 0 Å². The van der Waals surface area contributed by atoms with Crippen LogP contribution in [0.1, 0.15) is 23.6 Å². The molecule has 0 unspecified atom stereocenters. The number of likely N-dealkylation sites (tertiary alicyclic amines) is 1. The van der Waals surface area contributed by atoms with Crippen molar-refractivity contribution in [2.75, 3.05) is 41.4 Å². The minimum atomic E-state index is -0.699. The first-order valence-corrected chi connectivity index (χ1v) is 11.0. The Hall–Kier alpha value is -2.84. The first kappa shape index (κ1) is 23.8. The van der Waals surface area contributed by atoms with Gasteiger partial charge in [-0.2, -0.15) is 0 Å². The molecule has 1 fully saturated rings. The molecule has 1 heterocycles. The minimum Gasteiger partial charge on any atom is -0.507 e. The van der Waals surface area contributed by atoms with E-state index in [1.54, 1.807) is 23.1 Å². The number of benzene rings is 2. The maximum atomic E-state index is 13.1. The third kappa shape index (κ3) is 4.81. The molecule has 1 saturated heterocycles. The second-order valence-corrected chi connectivity index (χ2v) is 8.69. The van der Waals surface area contributed by atoms with Gasteiger partial charge in [-0.15, -0.1) is 0 Å². The van der Waals surface area contributed by atoms with Gasteiger partial charge in [-0.3, -0.25) is 9.59 Å². The number of nitrogens with zero attached hydrogens (tertiary/aromatic N) is 2. The molecule has 1 atom stereocenters. The summed E-state index contributed by atoms with van der Waals surface area (Å²) >= 11 is 3.42. The van der Waals surface area contributed by atoms with Crippen LogP contribution < -0.4 is 9.47 Å². The molecule has 2 aromatic carbocycles. The van der Waals surface area contributed by atoms with Crippen LogP contribution in [0.2, 0.25) is 0 Å². The molecule has 32 heavy (non-hydrogen) atoms. The van der Waals surface area contributed by atoms with Gasteiger partial charge < -0.3 is 24.4 Å². The van der Waals surface area contributed by atoms with Gasteiger partial charge in [-0.05, 0) is 63.0 Å². The monoisotopic (exact) mass is 502 g/mol. The van der Waals surface area contributed by atoms with Gasteiger partial charge in [0, 0.05) is 16.6 Å². The lowest BCUT2D eigenvalue weighted by molar-refractivity contribution is -0.139. The molecule has 0 aliphatic carbocycles. The Morgan fingerprint density at radius 1 is 1.06 bits per heavy atom. The van der Waals surface area contributed by atoms with Crippen LogP contribution in [0.5, 0.6) is 11.5 Å². The highest BCUT2D eigenvalue weighted by molar-refractivity contribution is 9.10. The molecule has 170 valence electrons. The van der Waals surface area contributed by atoms with Gasteiger partial charge in [0.2, 0.25) is 0 Å². The molecule has 1 aliphatic rings. The molecule has 1 N–H and O–H groups in total. The number of carbonyl (C=O) groups excluding carboxylic acids is 2. The van der Waals surface area contributed by atoms with Gasteiger partial charge in [0.1, 0.15) is 5.76 Å². The lowest BCUT2D eigenvalue weighted by atomic mass is 9.95. The number of methoxy groups -OCH3 is 2. The molecule has 8 heteroatoms. The fraction of sp³-hybridized carbons (Fsp3) is 0.333. The molecule has 7 nitrogen and oxygen atoms in total. The maximum absolute atomic E-state index is 13.1. The molecule has 0 bridgehead atoms. The van der Waals surface area contributed by atoms with Crippen molar-refractivity contribution in [2.45, 2.75) is 12.5 Å². The van der Waals surface area contributed by atoms with E-state index < -0.39 is 17.7 Å². The number of aliphatic hydroxyl groups is 1. The van der Waals surface area contributed by atoms with Crippen LogP contribution in [-0.4, -0.2) is 68.0 Å². The van der Waals surface area contributed by atoms with Crippen molar-refractivity contribution < 1.29 is 24.2 Å². The lowest BCUT2D eigenvalue weighted by Crippen LogP contribution is -2.32. The molecule has 1 amide bonds. The summed E-state index contributed by atoms with van der Waals surface area (Å²) in [5.41, 5.74) is 1.18. The normalized spacial score (nSPS) is 17.8. The smallest absolute Gasteiger partial charge is 0.295 e. The van der Waals surface area contributed by atoms with Crippen LogP contribution >= 0.6 is 15.9 Å². The number of Topliss-reactive ketones (excluding diaryl/α,β-unsaturated/α-hetero) is 1. The fourth-order valence-corrected chi connectivity index (χ4v) is 4.06. The van der Waals surface area contributed by atoms with E-state index in [1.165, 1.54) is 14.2 Å². The topological polar surface area (TPSA) is 79.3 Å². The molecular weight excluding hydrogens is 476 g/mol. The number of rotatable bonds is 8. The van der Waals surface area contributed by atoms with Gasteiger partial charge >= 0.3 is 0 Å². The van der Waals surface area contributed by atoms with Crippen molar-refractivity contribution in [1.29, 1.82) is 0 Å². The summed E-state index contributed by atoms with van der Waals surface area (Å²) in [5, 5.41) is 11.2. The fourth-order valence-electron chi connectivity index (χ4n) is 3.80. The number of halogens is 1. The van der Waals surface area contributed by atoms with E-state index in [4.69, 9.17) is 9.47 Å². The maximum Gasteiger partial charge on any atom is 0.295 e. The number of amides is 1. The molecule has 0 spiro atoms. The zero-order valence-corrected chi connectivity index (χ0v) is 20.2. The predicted molar refractivity (Wildman–Crippen MR) is 126 cm³/mol. The largest absolute Gasteiger partial charge is 0.507 e. The van der Waals surface area contributed by atoms with Crippen LogP contribution in [0.25, 0.3) is 5.76 Å². The summed E-state index contributed by atoms with van der Waals surface area (Å²) in [7, 11) is 6.92. The van der Waals surface area contributed by atoms with Crippen molar-refractivity contribution in [3.8, 4) is 11.5 Å². The van der Waals surface area contributed by atoms with Crippen molar-refractivity contribution in [2.24, 2.45) is 0 Å². The van der Waals surface area contributed by atoms with Gasteiger partial charge in [0.15, 0.2) is 11.5 Å². The highest BCUT2D eigenvalue weighted by atomic mass is 79.9. The third-order valence-electron chi connectivity index (χ3n) is 5.39. The van der Waals surface area contributed by atoms with Crippen LogP contribution in [-0.2, 0) is 9.59 Å². The van der Waals surface area contributed by atoms with E-state index >= 15 is 0 Å². The van der Waals surface area contributed by atoms with E-state index in [1.807, 2.05) is 43.3 Å². The Morgan fingerprint density at radius 3 is 2.31 bits per heavy atom. The Balaban J connectivity index is 2.11. The Bertz CT molecular complexity index is 1030. The molecule has 1 aliphatic heterocycles. The van der Waals surface area contributed by atoms with Crippen molar-refractivity contribution >= 4 is 33.4 Å². The quantitative estimate of drug-likeness (QED) is 0.335.